The molecule has 3 aliphatic rings. The van der Waals surface area contributed by atoms with Crippen LogP contribution in [-0.4, -0.2) is 54.3 Å². The largest absolute Gasteiger partial charge is 0.301 e. The van der Waals surface area contributed by atoms with E-state index in [0.717, 1.165) is 11.8 Å². The SMILES string of the molecule is SCC1(CN2CCCN3CCCC3C2)CCCCC1. The van der Waals surface area contributed by atoms with Gasteiger partial charge in [-0.05, 0) is 62.9 Å². The van der Waals surface area contributed by atoms with Gasteiger partial charge in [0.15, 0.2) is 0 Å². The Morgan fingerprint density at radius 2 is 1.74 bits per heavy atom. The van der Waals surface area contributed by atoms with Crippen molar-refractivity contribution in [3.8, 4) is 0 Å². The molecule has 0 aromatic carbocycles. The maximum atomic E-state index is 4.71. The fourth-order valence-electron chi connectivity index (χ4n) is 4.57. The van der Waals surface area contributed by atoms with Crippen LogP contribution in [-0.2, 0) is 0 Å². The van der Waals surface area contributed by atoms with Crippen molar-refractivity contribution in [2.75, 3.05) is 38.5 Å². The molecule has 0 N–H and O–H groups in total. The summed E-state index contributed by atoms with van der Waals surface area (Å²) in [5.74, 6) is 1.10. The van der Waals surface area contributed by atoms with Crippen molar-refractivity contribution < 1.29 is 0 Å². The second-order valence-corrected chi connectivity index (χ2v) is 7.46. The lowest BCUT2D eigenvalue weighted by Gasteiger charge is -2.40. The van der Waals surface area contributed by atoms with Gasteiger partial charge >= 0.3 is 0 Å². The van der Waals surface area contributed by atoms with E-state index in [-0.39, 0.29) is 0 Å². The van der Waals surface area contributed by atoms with E-state index in [4.69, 9.17) is 12.6 Å². The quantitative estimate of drug-likeness (QED) is 0.795. The fourth-order valence-corrected chi connectivity index (χ4v) is 4.99. The third-order valence-electron chi connectivity index (χ3n) is 5.70. The van der Waals surface area contributed by atoms with Crippen LogP contribution in [0.4, 0.5) is 0 Å². The van der Waals surface area contributed by atoms with Crippen LogP contribution in [0, 0.1) is 5.41 Å². The van der Waals surface area contributed by atoms with Gasteiger partial charge < -0.3 is 4.90 Å². The maximum absolute atomic E-state index is 4.71. The normalized spacial score (nSPS) is 33.0. The number of hydrogen-bond donors (Lipinski definition) is 1. The summed E-state index contributed by atoms with van der Waals surface area (Å²) >= 11 is 4.71. The highest BCUT2D eigenvalue weighted by Crippen LogP contribution is 2.38. The third-order valence-corrected chi connectivity index (χ3v) is 6.37. The molecule has 0 spiro atoms. The summed E-state index contributed by atoms with van der Waals surface area (Å²) < 4.78 is 0. The van der Waals surface area contributed by atoms with Crippen LogP contribution < -0.4 is 0 Å². The standard InChI is InChI=1S/C16H30N2S/c19-14-16(7-2-1-3-8-16)13-17-9-5-11-18-10-4-6-15(18)12-17/h15,19H,1-14H2. The summed E-state index contributed by atoms with van der Waals surface area (Å²) in [6, 6.07) is 0.864. The van der Waals surface area contributed by atoms with Gasteiger partial charge in [0.25, 0.3) is 0 Å². The maximum Gasteiger partial charge on any atom is 0.0223 e. The van der Waals surface area contributed by atoms with E-state index in [1.54, 1.807) is 0 Å². The van der Waals surface area contributed by atoms with Crippen LogP contribution in [0.5, 0.6) is 0 Å². The van der Waals surface area contributed by atoms with Crippen molar-refractivity contribution in [1.29, 1.82) is 0 Å². The minimum Gasteiger partial charge on any atom is -0.301 e. The molecule has 2 heterocycles. The van der Waals surface area contributed by atoms with E-state index in [1.807, 2.05) is 0 Å². The van der Waals surface area contributed by atoms with Gasteiger partial charge in [0, 0.05) is 19.1 Å². The summed E-state index contributed by atoms with van der Waals surface area (Å²) in [6.45, 7) is 6.67. The molecule has 3 heteroatoms. The third kappa shape index (κ3) is 3.30. The van der Waals surface area contributed by atoms with Gasteiger partial charge in [-0.2, -0.15) is 12.6 Å². The van der Waals surface area contributed by atoms with Crippen LogP contribution in [0.2, 0.25) is 0 Å². The molecule has 2 saturated heterocycles. The molecule has 3 rings (SSSR count). The molecule has 1 atom stereocenters. The van der Waals surface area contributed by atoms with Crippen LogP contribution in [0.15, 0.2) is 0 Å². The predicted molar refractivity (Wildman–Crippen MR) is 85.0 cm³/mol. The molecule has 1 saturated carbocycles. The molecule has 1 unspecified atom stereocenters. The molecule has 0 amide bonds. The number of thiol groups is 1. The number of fused-ring (bicyclic) bond motifs is 1. The zero-order chi connectivity index (χ0) is 13.1. The highest BCUT2D eigenvalue weighted by atomic mass is 32.1. The van der Waals surface area contributed by atoms with Crippen LogP contribution >= 0.6 is 12.6 Å². The van der Waals surface area contributed by atoms with Crippen LogP contribution in [0.1, 0.15) is 51.4 Å². The van der Waals surface area contributed by atoms with Crippen molar-refractivity contribution >= 4 is 12.6 Å². The van der Waals surface area contributed by atoms with Crippen molar-refractivity contribution in [2.24, 2.45) is 5.41 Å². The Bertz CT molecular complexity index is 288. The summed E-state index contributed by atoms with van der Waals surface area (Å²) in [6.07, 6.45) is 11.4. The molecule has 19 heavy (non-hydrogen) atoms. The lowest BCUT2D eigenvalue weighted by molar-refractivity contribution is 0.118. The second-order valence-electron chi connectivity index (χ2n) is 7.14. The molecule has 2 nitrogen and oxygen atoms in total. The molecule has 0 aromatic heterocycles. The number of hydrogen-bond acceptors (Lipinski definition) is 3. The Hall–Kier alpha value is 0.270. The second kappa shape index (κ2) is 6.36. The summed E-state index contributed by atoms with van der Waals surface area (Å²) in [7, 11) is 0. The Morgan fingerprint density at radius 1 is 0.947 bits per heavy atom. The zero-order valence-electron chi connectivity index (χ0n) is 12.3. The van der Waals surface area contributed by atoms with Gasteiger partial charge in [-0.25, -0.2) is 0 Å². The van der Waals surface area contributed by atoms with Gasteiger partial charge in [0.05, 0.1) is 0 Å². The van der Waals surface area contributed by atoms with Crippen molar-refractivity contribution in [2.45, 2.75) is 57.4 Å². The molecular weight excluding hydrogens is 252 g/mol. The van der Waals surface area contributed by atoms with E-state index in [2.05, 4.69) is 9.80 Å². The Balaban J connectivity index is 1.61. The average molecular weight is 282 g/mol. The number of nitrogens with zero attached hydrogens (tertiary/aromatic N) is 2. The fraction of sp³-hybridized carbons (Fsp3) is 1.00. The highest BCUT2D eigenvalue weighted by molar-refractivity contribution is 7.80. The molecule has 0 bridgehead atoms. The average Bonchev–Trinajstić information content (AvgIpc) is 2.79. The van der Waals surface area contributed by atoms with E-state index in [1.165, 1.54) is 84.1 Å². The Morgan fingerprint density at radius 3 is 2.53 bits per heavy atom. The van der Waals surface area contributed by atoms with Gasteiger partial charge in [-0.3, -0.25) is 4.90 Å². The monoisotopic (exact) mass is 282 g/mol. The molecule has 3 fully saturated rings. The van der Waals surface area contributed by atoms with Gasteiger partial charge in [-0.1, -0.05) is 19.3 Å². The summed E-state index contributed by atoms with van der Waals surface area (Å²) in [5, 5.41) is 0. The van der Waals surface area contributed by atoms with E-state index in [0.29, 0.717) is 5.41 Å². The molecule has 110 valence electrons. The van der Waals surface area contributed by atoms with Gasteiger partial charge in [0.2, 0.25) is 0 Å². The first kappa shape index (κ1) is 14.2. The molecular formula is C16H30N2S. The topological polar surface area (TPSA) is 6.48 Å². The van der Waals surface area contributed by atoms with Crippen molar-refractivity contribution in [3.63, 3.8) is 0 Å². The van der Waals surface area contributed by atoms with E-state index < -0.39 is 0 Å². The van der Waals surface area contributed by atoms with Gasteiger partial charge in [-0.15, -0.1) is 0 Å². The summed E-state index contributed by atoms with van der Waals surface area (Å²) in [5.41, 5.74) is 0.537. The van der Waals surface area contributed by atoms with E-state index in [9.17, 15) is 0 Å². The number of rotatable bonds is 3. The highest BCUT2D eigenvalue weighted by Gasteiger charge is 2.35. The van der Waals surface area contributed by atoms with E-state index >= 15 is 0 Å². The first-order chi connectivity index (χ1) is 9.31. The lowest BCUT2D eigenvalue weighted by atomic mass is 9.75. The zero-order valence-corrected chi connectivity index (χ0v) is 13.2. The minimum absolute atomic E-state index is 0.537. The molecule has 1 aliphatic carbocycles. The molecule has 0 aromatic rings. The first-order valence-corrected chi connectivity index (χ1v) is 9.02. The Kier molecular flexibility index (Phi) is 4.76. The van der Waals surface area contributed by atoms with Gasteiger partial charge in [0.1, 0.15) is 0 Å². The van der Waals surface area contributed by atoms with Crippen LogP contribution in [0.3, 0.4) is 0 Å². The Labute approximate surface area is 124 Å². The van der Waals surface area contributed by atoms with Crippen molar-refractivity contribution in [3.05, 3.63) is 0 Å². The molecule has 2 aliphatic heterocycles. The minimum atomic E-state index is 0.537. The first-order valence-electron chi connectivity index (χ1n) is 8.39. The molecule has 0 radical (unpaired) electrons. The predicted octanol–water partition coefficient (Wildman–Crippen LogP) is 3.04. The van der Waals surface area contributed by atoms with Crippen LogP contribution in [0.25, 0.3) is 0 Å². The summed E-state index contributed by atoms with van der Waals surface area (Å²) in [4.78, 5) is 5.53. The smallest absolute Gasteiger partial charge is 0.0223 e. The van der Waals surface area contributed by atoms with Crippen molar-refractivity contribution in [1.82, 2.24) is 9.80 Å². The lowest BCUT2D eigenvalue weighted by Crippen LogP contribution is -2.44.